The number of aryl methyl sites for hydroxylation is 1. The molecule has 0 saturated heterocycles. The Morgan fingerprint density at radius 2 is 1.96 bits per heavy atom. The summed E-state index contributed by atoms with van der Waals surface area (Å²) < 4.78 is 0. The Hall–Kier alpha value is -1.68. The molecule has 1 aliphatic rings. The maximum atomic E-state index is 12.4. The van der Waals surface area contributed by atoms with Gasteiger partial charge in [0.1, 0.15) is 0 Å². The second-order valence-corrected chi connectivity index (χ2v) is 8.60. The summed E-state index contributed by atoms with van der Waals surface area (Å²) in [7, 11) is 0. The van der Waals surface area contributed by atoms with Gasteiger partial charge < -0.3 is 0 Å². The molecule has 0 bridgehead atoms. The van der Waals surface area contributed by atoms with E-state index in [2.05, 4.69) is 38.0 Å². The van der Waals surface area contributed by atoms with Crippen molar-refractivity contribution in [2.75, 3.05) is 5.32 Å². The topological polar surface area (TPSA) is 42.0 Å². The molecule has 0 spiro atoms. The first-order valence-corrected chi connectivity index (χ1v) is 9.05. The Bertz CT molecular complexity index is 710. The highest BCUT2D eigenvalue weighted by molar-refractivity contribution is 7.15. The van der Waals surface area contributed by atoms with Crippen molar-refractivity contribution in [3.05, 3.63) is 46.0 Å². The number of nitrogens with one attached hydrogen (secondary N) is 1. The van der Waals surface area contributed by atoms with Crippen LogP contribution in [0.4, 0.5) is 5.13 Å². The van der Waals surface area contributed by atoms with Gasteiger partial charge in [-0.1, -0.05) is 39.8 Å². The van der Waals surface area contributed by atoms with E-state index in [4.69, 9.17) is 0 Å². The highest BCUT2D eigenvalue weighted by Crippen LogP contribution is 2.32. The van der Waals surface area contributed by atoms with Crippen LogP contribution in [0.15, 0.2) is 24.3 Å². The van der Waals surface area contributed by atoms with Crippen molar-refractivity contribution in [1.29, 1.82) is 0 Å². The van der Waals surface area contributed by atoms with Gasteiger partial charge in [0.2, 0.25) is 0 Å². The van der Waals surface area contributed by atoms with E-state index in [0.717, 1.165) is 23.9 Å². The SMILES string of the molecule is CC1CCc2nc(NC(=O)c3ccc(C(C)(C)C)cc3)sc2C1. The zero-order valence-corrected chi connectivity index (χ0v) is 15.1. The summed E-state index contributed by atoms with van der Waals surface area (Å²) in [6.45, 7) is 8.78. The molecular weight excluding hydrogens is 304 g/mol. The molecule has 0 radical (unpaired) electrons. The fourth-order valence-corrected chi connectivity index (χ4v) is 4.05. The molecule has 1 aromatic heterocycles. The van der Waals surface area contributed by atoms with E-state index in [1.54, 1.807) is 11.3 Å². The zero-order valence-electron chi connectivity index (χ0n) is 14.3. The van der Waals surface area contributed by atoms with Gasteiger partial charge in [0.05, 0.1) is 5.69 Å². The summed E-state index contributed by atoms with van der Waals surface area (Å²) in [5.41, 5.74) is 3.18. The third-order valence-electron chi connectivity index (χ3n) is 4.42. The molecule has 122 valence electrons. The van der Waals surface area contributed by atoms with Crippen molar-refractivity contribution in [3.63, 3.8) is 0 Å². The first-order chi connectivity index (χ1) is 10.8. The number of thiazole rings is 1. The lowest BCUT2D eigenvalue weighted by molar-refractivity contribution is 0.102. The molecule has 3 rings (SSSR count). The van der Waals surface area contributed by atoms with Crippen LogP contribution in [0.25, 0.3) is 0 Å². The zero-order chi connectivity index (χ0) is 16.6. The Labute approximate surface area is 142 Å². The Morgan fingerprint density at radius 3 is 2.61 bits per heavy atom. The molecule has 23 heavy (non-hydrogen) atoms. The number of carbonyl (C=O) groups is 1. The maximum absolute atomic E-state index is 12.4. The summed E-state index contributed by atoms with van der Waals surface area (Å²) in [6.07, 6.45) is 3.31. The number of amides is 1. The molecule has 1 aromatic carbocycles. The Kier molecular flexibility index (Phi) is 4.28. The number of benzene rings is 1. The number of hydrogen-bond donors (Lipinski definition) is 1. The maximum Gasteiger partial charge on any atom is 0.257 e. The molecule has 3 nitrogen and oxygen atoms in total. The van der Waals surface area contributed by atoms with Crippen LogP contribution in [0.3, 0.4) is 0 Å². The van der Waals surface area contributed by atoms with Crippen LogP contribution in [-0.4, -0.2) is 10.9 Å². The fourth-order valence-electron chi connectivity index (χ4n) is 2.88. The van der Waals surface area contributed by atoms with Gasteiger partial charge in [0.25, 0.3) is 5.91 Å². The number of aromatic nitrogens is 1. The molecule has 4 heteroatoms. The van der Waals surface area contributed by atoms with Gasteiger partial charge in [-0.05, 0) is 48.3 Å². The predicted molar refractivity (Wildman–Crippen MR) is 96.4 cm³/mol. The molecule has 1 amide bonds. The predicted octanol–water partition coefficient (Wildman–Crippen LogP) is 4.82. The van der Waals surface area contributed by atoms with E-state index in [0.29, 0.717) is 5.56 Å². The second-order valence-electron chi connectivity index (χ2n) is 7.52. The van der Waals surface area contributed by atoms with E-state index in [9.17, 15) is 4.79 Å². The molecule has 2 aromatic rings. The summed E-state index contributed by atoms with van der Waals surface area (Å²) in [6, 6.07) is 7.85. The highest BCUT2D eigenvalue weighted by atomic mass is 32.1. The van der Waals surface area contributed by atoms with E-state index in [1.807, 2.05) is 24.3 Å². The monoisotopic (exact) mass is 328 g/mol. The third-order valence-corrected chi connectivity index (χ3v) is 5.46. The number of anilines is 1. The van der Waals surface area contributed by atoms with Gasteiger partial charge in [-0.25, -0.2) is 4.98 Å². The largest absolute Gasteiger partial charge is 0.298 e. The van der Waals surface area contributed by atoms with Crippen molar-refractivity contribution >= 4 is 22.4 Å². The second kappa shape index (κ2) is 6.08. The minimum atomic E-state index is -0.0791. The first kappa shape index (κ1) is 16.2. The van der Waals surface area contributed by atoms with Gasteiger partial charge in [0.15, 0.2) is 5.13 Å². The molecule has 0 saturated carbocycles. The van der Waals surface area contributed by atoms with Crippen molar-refractivity contribution in [1.82, 2.24) is 4.98 Å². The molecule has 0 fully saturated rings. The van der Waals surface area contributed by atoms with E-state index in [-0.39, 0.29) is 11.3 Å². The molecule has 0 aliphatic heterocycles. The van der Waals surface area contributed by atoms with Crippen LogP contribution in [-0.2, 0) is 18.3 Å². The molecular formula is C19H24N2OS. The van der Waals surface area contributed by atoms with Crippen molar-refractivity contribution < 1.29 is 4.79 Å². The minimum absolute atomic E-state index is 0.0791. The van der Waals surface area contributed by atoms with Gasteiger partial charge in [-0.2, -0.15) is 0 Å². The summed E-state index contributed by atoms with van der Waals surface area (Å²) in [5, 5.41) is 3.69. The summed E-state index contributed by atoms with van der Waals surface area (Å²) in [5.74, 6) is 0.640. The average molecular weight is 328 g/mol. The lowest BCUT2D eigenvalue weighted by Gasteiger charge is -2.18. The van der Waals surface area contributed by atoms with Crippen LogP contribution < -0.4 is 5.32 Å². The average Bonchev–Trinajstić information content (AvgIpc) is 2.87. The van der Waals surface area contributed by atoms with Gasteiger partial charge in [-0.3, -0.25) is 10.1 Å². The molecule has 1 aliphatic carbocycles. The molecule has 1 atom stereocenters. The van der Waals surface area contributed by atoms with Crippen LogP contribution >= 0.6 is 11.3 Å². The number of fused-ring (bicyclic) bond motifs is 1. The number of nitrogens with zero attached hydrogens (tertiary/aromatic N) is 1. The van der Waals surface area contributed by atoms with Gasteiger partial charge in [-0.15, -0.1) is 11.3 Å². The molecule has 1 unspecified atom stereocenters. The molecule has 1 heterocycles. The number of carbonyl (C=O) groups excluding carboxylic acids is 1. The van der Waals surface area contributed by atoms with Crippen molar-refractivity contribution in [3.8, 4) is 0 Å². The van der Waals surface area contributed by atoms with E-state index >= 15 is 0 Å². The lowest BCUT2D eigenvalue weighted by atomic mass is 9.87. The first-order valence-electron chi connectivity index (χ1n) is 8.23. The van der Waals surface area contributed by atoms with Gasteiger partial charge >= 0.3 is 0 Å². The molecule has 1 N–H and O–H groups in total. The smallest absolute Gasteiger partial charge is 0.257 e. The Morgan fingerprint density at radius 1 is 1.26 bits per heavy atom. The standard InChI is InChI=1S/C19H24N2OS/c1-12-5-10-15-16(11-12)23-18(20-15)21-17(22)13-6-8-14(9-7-13)19(2,3)4/h6-9,12H,5,10-11H2,1-4H3,(H,20,21,22). The van der Waals surface area contributed by atoms with Crippen molar-refractivity contribution in [2.24, 2.45) is 5.92 Å². The lowest BCUT2D eigenvalue weighted by Crippen LogP contribution is -2.14. The van der Waals surface area contributed by atoms with E-state index in [1.165, 1.54) is 22.6 Å². The minimum Gasteiger partial charge on any atom is -0.298 e. The van der Waals surface area contributed by atoms with Gasteiger partial charge in [0, 0.05) is 10.4 Å². The summed E-state index contributed by atoms with van der Waals surface area (Å²) >= 11 is 1.63. The fraction of sp³-hybridized carbons (Fsp3) is 0.474. The number of hydrogen-bond acceptors (Lipinski definition) is 3. The summed E-state index contributed by atoms with van der Waals surface area (Å²) in [4.78, 5) is 18.3. The Balaban J connectivity index is 1.72. The quantitative estimate of drug-likeness (QED) is 0.859. The van der Waals surface area contributed by atoms with Crippen LogP contribution in [0.1, 0.15) is 60.6 Å². The van der Waals surface area contributed by atoms with Crippen LogP contribution in [0, 0.1) is 5.92 Å². The van der Waals surface area contributed by atoms with E-state index < -0.39 is 0 Å². The van der Waals surface area contributed by atoms with Crippen LogP contribution in [0.2, 0.25) is 0 Å². The number of rotatable bonds is 2. The van der Waals surface area contributed by atoms with Crippen molar-refractivity contribution in [2.45, 2.75) is 52.4 Å². The normalized spacial score (nSPS) is 17.7. The van der Waals surface area contributed by atoms with Crippen LogP contribution in [0.5, 0.6) is 0 Å². The third kappa shape index (κ3) is 3.63. The highest BCUT2D eigenvalue weighted by Gasteiger charge is 2.21.